The molecular formula is C16H24N2O4. The lowest BCUT2D eigenvalue weighted by atomic mass is 10.1. The Morgan fingerprint density at radius 1 is 1.45 bits per heavy atom. The molecule has 0 saturated carbocycles. The predicted octanol–water partition coefficient (Wildman–Crippen LogP) is 2.27. The predicted molar refractivity (Wildman–Crippen MR) is 82.0 cm³/mol. The van der Waals surface area contributed by atoms with E-state index in [9.17, 15) is 4.79 Å². The molecule has 0 bridgehead atoms. The van der Waals surface area contributed by atoms with Gasteiger partial charge in [-0.15, -0.1) is 0 Å². The molecule has 1 atom stereocenters. The zero-order valence-corrected chi connectivity index (χ0v) is 13.7. The monoisotopic (exact) mass is 308 g/mol. The molecule has 0 aromatic carbocycles. The van der Waals surface area contributed by atoms with Crippen molar-refractivity contribution in [1.29, 1.82) is 0 Å². The van der Waals surface area contributed by atoms with Crippen molar-refractivity contribution in [1.82, 2.24) is 9.88 Å². The molecule has 0 aliphatic carbocycles. The number of nitrogens with zero attached hydrogens (tertiary/aromatic N) is 2. The quantitative estimate of drug-likeness (QED) is 0.857. The zero-order chi connectivity index (χ0) is 16.2. The molecule has 1 aliphatic rings. The van der Waals surface area contributed by atoms with Crippen LogP contribution in [0.1, 0.15) is 26.3 Å². The maximum atomic E-state index is 12.1. The molecule has 22 heavy (non-hydrogen) atoms. The second kappa shape index (κ2) is 6.96. The van der Waals surface area contributed by atoms with Crippen LogP contribution in [-0.4, -0.2) is 54.5 Å². The van der Waals surface area contributed by atoms with Gasteiger partial charge in [-0.2, -0.15) is 0 Å². The second-order valence-corrected chi connectivity index (χ2v) is 6.33. The van der Waals surface area contributed by atoms with Gasteiger partial charge >= 0.3 is 6.09 Å². The molecule has 6 heteroatoms. The van der Waals surface area contributed by atoms with Crippen molar-refractivity contribution in [3.63, 3.8) is 0 Å². The molecule has 1 aromatic rings. The fourth-order valence-electron chi connectivity index (χ4n) is 2.25. The van der Waals surface area contributed by atoms with E-state index in [1.807, 2.05) is 32.9 Å². The fourth-order valence-corrected chi connectivity index (χ4v) is 2.25. The number of pyridine rings is 1. The van der Waals surface area contributed by atoms with Gasteiger partial charge in [0.15, 0.2) is 0 Å². The number of methoxy groups -OCH3 is 1. The van der Waals surface area contributed by atoms with Crippen LogP contribution in [0.4, 0.5) is 4.79 Å². The van der Waals surface area contributed by atoms with Crippen molar-refractivity contribution in [3.8, 4) is 5.88 Å². The number of aromatic nitrogens is 1. The number of morpholine rings is 1. The number of hydrogen-bond acceptors (Lipinski definition) is 5. The summed E-state index contributed by atoms with van der Waals surface area (Å²) in [6.07, 6.45) is 2.15. The minimum absolute atomic E-state index is 0.0449. The molecule has 0 unspecified atom stereocenters. The Balaban J connectivity index is 1.91. The molecule has 1 aromatic heterocycles. The second-order valence-electron chi connectivity index (χ2n) is 6.33. The summed E-state index contributed by atoms with van der Waals surface area (Å²) in [5.74, 6) is 0.587. The molecule has 0 N–H and O–H groups in total. The molecule has 2 heterocycles. The number of ether oxygens (including phenoxy) is 3. The van der Waals surface area contributed by atoms with Crippen LogP contribution in [0.15, 0.2) is 18.3 Å². The zero-order valence-electron chi connectivity index (χ0n) is 13.7. The van der Waals surface area contributed by atoms with Crippen LogP contribution in [0.5, 0.6) is 5.88 Å². The Labute approximate surface area is 131 Å². The summed E-state index contributed by atoms with van der Waals surface area (Å²) < 4.78 is 16.2. The van der Waals surface area contributed by atoms with Gasteiger partial charge in [0.2, 0.25) is 5.88 Å². The minimum atomic E-state index is -0.481. The van der Waals surface area contributed by atoms with Crippen molar-refractivity contribution in [2.24, 2.45) is 0 Å². The van der Waals surface area contributed by atoms with E-state index in [1.54, 1.807) is 18.2 Å². The first-order valence-corrected chi connectivity index (χ1v) is 7.46. The Bertz CT molecular complexity index is 496. The van der Waals surface area contributed by atoms with E-state index >= 15 is 0 Å². The number of hydrogen-bond donors (Lipinski definition) is 0. The maximum Gasteiger partial charge on any atom is 0.410 e. The van der Waals surface area contributed by atoms with Crippen molar-refractivity contribution in [3.05, 3.63) is 23.9 Å². The lowest BCUT2D eigenvalue weighted by Crippen LogP contribution is -2.48. The first-order chi connectivity index (χ1) is 10.4. The number of amides is 1. The Morgan fingerprint density at radius 3 is 2.82 bits per heavy atom. The molecule has 1 fully saturated rings. The largest absolute Gasteiger partial charge is 0.481 e. The highest BCUT2D eigenvalue weighted by atomic mass is 16.6. The van der Waals surface area contributed by atoms with Crippen LogP contribution in [0, 0.1) is 0 Å². The molecule has 0 radical (unpaired) electrons. The molecule has 1 saturated heterocycles. The molecule has 1 amide bonds. The van der Waals surface area contributed by atoms with Gasteiger partial charge in [-0.25, -0.2) is 9.78 Å². The summed E-state index contributed by atoms with van der Waals surface area (Å²) in [7, 11) is 1.59. The van der Waals surface area contributed by atoms with Crippen LogP contribution in [0.2, 0.25) is 0 Å². The third kappa shape index (κ3) is 4.87. The average molecular weight is 308 g/mol. The van der Waals surface area contributed by atoms with E-state index in [1.165, 1.54) is 0 Å². The van der Waals surface area contributed by atoms with Gasteiger partial charge in [0.05, 0.1) is 26.4 Å². The summed E-state index contributed by atoms with van der Waals surface area (Å²) in [6, 6.07) is 3.78. The van der Waals surface area contributed by atoms with Gasteiger partial charge < -0.3 is 19.1 Å². The van der Waals surface area contributed by atoms with E-state index < -0.39 is 5.60 Å². The highest BCUT2D eigenvalue weighted by Gasteiger charge is 2.28. The first kappa shape index (κ1) is 16.5. The summed E-state index contributed by atoms with van der Waals surface area (Å²) in [6.45, 7) is 7.21. The van der Waals surface area contributed by atoms with E-state index in [0.29, 0.717) is 32.0 Å². The minimum Gasteiger partial charge on any atom is -0.481 e. The lowest BCUT2D eigenvalue weighted by molar-refractivity contribution is -0.0415. The van der Waals surface area contributed by atoms with Gasteiger partial charge in [-0.1, -0.05) is 6.07 Å². The van der Waals surface area contributed by atoms with E-state index in [2.05, 4.69) is 4.98 Å². The van der Waals surface area contributed by atoms with Crippen LogP contribution in [-0.2, 0) is 15.9 Å². The summed E-state index contributed by atoms with van der Waals surface area (Å²) in [4.78, 5) is 18.0. The van der Waals surface area contributed by atoms with Crippen LogP contribution in [0.25, 0.3) is 0 Å². The highest BCUT2D eigenvalue weighted by molar-refractivity contribution is 5.68. The van der Waals surface area contributed by atoms with E-state index in [-0.39, 0.29) is 12.2 Å². The number of rotatable bonds is 3. The molecule has 122 valence electrons. The third-order valence-corrected chi connectivity index (χ3v) is 3.26. The Kier molecular flexibility index (Phi) is 5.24. The van der Waals surface area contributed by atoms with Crippen molar-refractivity contribution >= 4 is 6.09 Å². The normalized spacial score (nSPS) is 18.9. The van der Waals surface area contributed by atoms with Crippen LogP contribution in [0.3, 0.4) is 0 Å². The summed E-state index contributed by atoms with van der Waals surface area (Å²) >= 11 is 0. The van der Waals surface area contributed by atoms with E-state index in [0.717, 1.165) is 5.56 Å². The summed E-state index contributed by atoms with van der Waals surface area (Å²) in [5.41, 5.74) is 0.571. The topological polar surface area (TPSA) is 60.9 Å². The first-order valence-electron chi connectivity index (χ1n) is 7.46. The molecule has 0 spiro atoms. The standard InChI is InChI=1S/C16H24N2O4/c1-16(2,3)22-15(19)18-7-8-21-13(11-18)9-12-5-6-14(20-4)17-10-12/h5-6,10,13H,7-9,11H2,1-4H3/t13-/m1/s1. The molecule has 1 aliphatic heterocycles. The summed E-state index contributed by atoms with van der Waals surface area (Å²) in [5, 5.41) is 0. The van der Waals surface area contributed by atoms with Crippen molar-refractivity contribution in [2.75, 3.05) is 26.8 Å². The fraction of sp³-hybridized carbons (Fsp3) is 0.625. The third-order valence-electron chi connectivity index (χ3n) is 3.26. The number of carbonyl (C=O) groups excluding carboxylic acids is 1. The Hall–Kier alpha value is -1.82. The lowest BCUT2D eigenvalue weighted by Gasteiger charge is -2.34. The maximum absolute atomic E-state index is 12.1. The van der Waals surface area contributed by atoms with Crippen molar-refractivity contribution < 1.29 is 19.0 Å². The van der Waals surface area contributed by atoms with Gasteiger partial charge in [-0.3, -0.25) is 0 Å². The Morgan fingerprint density at radius 2 is 2.23 bits per heavy atom. The van der Waals surface area contributed by atoms with E-state index in [4.69, 9.17) is 14.2 Å². The average Bonchev–Trinajstić information content (AvgIpc) is 2.46. The molecule has 6 nitrogen and oxygen atoms in total. The van der Waals surface area contributed by atoms with Gasteiger partial charge in [0.25, 0.3) is 0 Å². The van der Waals surface area contributed by atoms with Crippen molar-refractivity contribution in [2.45, 2.75) is 38.9 Å². The SMILES string of the molecule is COc1ccc(C[C@@H]2CN(C(=O)OC(C)(C)C)CCO2)cn1. The van der Waals surface area contributed by atoms with Crippen LogP contribution >= 0.6 is 0 Å². The van der Waals surface area contributed by atoms with Gasteiger partial charge in [0.1, 0.15) is 5.60 Å². The smallest absolute Gasteiger partial charge is 0.410 e. The van der Waals surface area contributed by atoms with Crippen LogP contribution < -0.4 is 4.74 Å². The molecule has 2 rings (SSSR count). The number of carbonyl (C=O) groups is 1. The van der Waals surface area contributed by atoms with Gasteiger partial charge in [-0.05, 0) is 26.3 Å². The molecular weight excluding hydrogens is 284 g/mol. The van der Waals surface area contributed by atoms with Gasteiger partial charge in [0, 0.05) is 25.2 Å². The highest BCUT2D eigenvalue weighted by Crippen LogP contribution is 2.16.